The molecule has 1 aliphatic rings. The Morgan fingerprint density at radius 1 is 1.60 bits per heavy atom. The molecule has 7 nitrogen and oxygen atoms in total. The third-order valence-electron chi connectivity index (χ3n) is 1.86. The van der Waals surface area contributed by atoms with E-state index in [2.05, 4.69) is 10.0 Å². The van der Waals surface area contributed by atoms with Crippen molar-refractivity contribution in [2.45, 2.75) is 25.4 Å². The first-order valence-electron chi connectivity index (χ1n) is 4.29. The predicted molar refractivity (Wildman–Crippen MR) is 49.9 cm³/mol. The minimum absolute atomic E-state index is 0.349. The van der Waals surface area contributed by atoms with E-state index in [-0.39, 0.29) is 6.10 Å². The molecule has 0 aromatic rings. The molecule has 3 atom stereocenters. The molecule has 0 aromatic heterocycles. The third kappa shape index (κ3) is 3.25. The molecule has 82 valence electrons. The van der Waals surface area contributed by atoms with E-state index >= 15 is 0 Å². The molecule has 1 heterocycles. The van der Waals surface area contributed by atoms with E-state index in [4.69, 9.17) is 19.7 Å². The lowest BCUT2D eigenvalue weighted by molar-refractivity contribution is -0.151. The Labute approximate surface area is 86.2 Å². The molecule has 0 radical (unpaired) electrons. The van der Waals surface area contributed by atoms with E-state index in [9.17, 15) is 4.79 Å². The van der Waals surface area contributed by atoms with Crippen LogP contribution in [0.1, 0.15) is 6.92 Å². The van der Waals surface area contributed by atoms with Gasteiger partial charge < -0.3 is 14.2 Å². The molecule has 0 N–H and O–H groups in total. The molecule has 0 fully saturated rings. The molecule has 0 spiro atoms. The fraction of sp³-hybridized carbons (Fsp3) is 0.625. The van der Waals surface area contributed by atoms with Gasteiger partial charge in [-0.05, 0) is 24.6 Å². The van der Waals surface area contributed by atoms with Crippen LogP contribution >= 0.6 is 0 Å². The second kappa shape index (κ2) is 5.35. The van der Waals surface area contributed by atoms with Gasteiger partial charge in [0.05, 0.1) is 6.10 Å². The highest BCUT2D eigenvalue weighted by atomic mass is 16.7. The van der Waals surface area contributed by atoms with Crippen molar-refractivity contribution in [3.8, 4) is 0 Å². The number of methoxy groups -OCH3 is 1. The lowest BCUT2D eigenvalue weighted by atomic mass is 10.1. The molecular weight excluding hydrogens is 202 g/mol. The molecule has 0 aliphatic carbocycles. The number of azide groups is 1. The number of rotatable bonds is 2. The van der Waals surface area contributed by atoms with Crippen molar-refractivity contribution in [1.82, 2.24) is 0 Å². The zero-order chi connectivity index (χ0) is 11.3. The van der Waals surface area contributed by atoms with Crippen LogP contribution in [0.5, 0.6) is 0 Å². The van der Waals surface area contributed by atoms with Gasteiger partial charge in [0.25, 0.3) is 0 Å². The van der Waals surface area contributed by atoms with Gasteiger partial charge in [-0.25, -0.2) is 4.79 Å². The molecule has 1 aliphatic heterocycles. The third-order valence-corrected chi connectivity index (χ3v) is 1.86. The van der Waals surface area contributed by atoms with Crippen LogP contribution in [0.15, 0.2) is 17.3 Å². The SMILES string of the molecule is CO[C@H]1C=C[C@@H](OC(=O)N=[N+]=[N-])[C@H](C)O1. The monoisotopic (exact) mass is 213 g/mol. The van der Waals surface area contributed by atoms with E-state index in [0.29, 0.717) is 0 Å². The van der Waals surface area contributed by atoms with Crippen molar-refractivity contribution in [2.24, 2.45) is 5.11 Å². The second-order valence-electron chi connectivity index (χ2n) is 2.87. The summed E-state index contributed by atoms with van der Waals surface area (Å²) in [6.45, 7) is 1.73. The average Bonchev–Trinajstić information content (AvgIpc) is 2.21. The largest absolute Gasteiger partial charge is 0.451 e. The zero-order valence-electron chi connectivity index (χ0n) is 8.36. The molecule has 7 heteroatoms. The molecule has 15 heavy (non-hydrogen) atoms. The Hall–Kier alpha value is -1.56. The maximum absolute atomic E-state index is 10.8. The van der Waals surface area contributed by atoms with Crippen LogP contribution in [0.3, 0.4) is 0 Å². The number of hydrogen-bond acceptors (Lipinski definition) is 4. The lowest BCUT2D eigenvalue weighted by Gasteiger charge is -2.28. The Bertz CT molecular complexity index is 311. The Morgan fingerprint density at radius 2 is 2.33 bits per heavy atom. The molecular formula is C8H11N3O4. The first-order valence-corrected chi connectivity index (χ1v) is 4.29. The normalized spacial score (nSPS) is 29.3. The van der Waals surface area contributed by atoms with Crippen LogP contribution in [-0.4, -0.2) is 31.7 Å². The topological polar surface area (TPSA) is 93.5 Å². The van der Waals surface area contributed by atoms with Crippen LogP contribution in [0.25, 0.3) is 10.4 Å². The highest BCUT2D eigenvalue weighted by Gasteiger charge is 2.25. The van der Waals surface area contributed by atoms with Crippen LogP contribution in [0.4, 0.5) is 4.79 Å². The molecule has 1 rings (SSSR count). The van der Waals surface area contributed by atoms with Gasteiger partial charge in [0.1, 0.15) is 6.10 Å². The molecule has 0 unspecified atom stereocenters. The first-order chi connectivity index (χ1) is 7.17. The van der Waals surface area contributed by atoms with Crippen LogP contribution in [0, 0.1) is 0 Å². The van der Waals surface area contributed by atoms with E-state index in [1.807, 2.05) is 0 Å². The van der Waals surface area contributed by atoms with Crippen molar-refractivity contribution in [3.05, 3.63) is 22.6 Å². The quantitative estimate of drug-likeness (QED) is 0.302. The summed E-state index contributed by atoms with van der Waals surface area (Å²) >= 11 is 0. The Kier molecular flexibility index (Phi) is 4.11. The standard InChI is InChI=1S/C8H11N3O4/c1-5-6(15-8(12)10-11-9)3-4-7(13-2)14-5/h3-7H,1-2H3/t5-,6+,7+/m0/s1. The van der Waals surface area contributed by atoms with E-state index in [1.165, 1.54) is 7.11 Å². The fourth-order valence-corrected chi connectivity index (χ4v) is 1.14. The highest BCUT2D eigenvalue weighted by Crippen LogP contribution is 2.16. The van der Waals surface area contributed by atoms with Crippen molar-refractivity contribution in [1.29, 1.82) is 0 Å². The number of carbonyl (C=O) groups excluding carboxylic acids is 1. The summed E-state index contributed by atoms with van der Waals surface area (Å²) < 4.78 is 15.0. The smallest absolute Gasteiger partial charge is 0.397 e. The van der Waals surface area contributed by atoms with E-state index in [1.54, 1.807) is 19.1 Å². The summed E-state index contributed by atoms with van der Waals surface area (Å²) in [5, 5.41) is 2.79. The molecule has 0 saturated heterocycles. The van der Waals surface area contributed by atoms with Gasteiger partial charge >= 0.3 is 6.09 Å². The highest BCUT2D eigenvalue weighted by molar-refractivity contribution is 5.68. The summed E-state index contributed by atoms with van der Waals surface area (Å²) in [5.74, 6) is 0. The number of carbonyl (C=O) groups is 1. The van der Waals surface area contributed by atoms with Crippen molar-refractivity contribution >= 4 is 6.09 Å². The minimum atomic E-state index is -0.974. The molecule has 0 saturated carbocycles. The Balaban J connectivity index is 2.56. The second-order valence-corrected chi connectivity index (χ2v) is 2.87. The predicted octanol–water partition coefficient (Wildman–Crippen LogP) is 1.75. The summed E-state index contributed by atoms with van der Waals surface area (Å²) in [6.07, 6.45) is 0.932. The number of amides is 1. The van der Waals surface area contributed by atoms with Crippen molar-refractivity contribution in [3.63, 3.8) is 0 Å². The van der Waals surface area contributed by atoms with Gasteiger partial charge in [-0.2, -0.15) is 0 Å². The van der Waals surface area contributed by atoms with Gasteiger partial charge in [0, 0.05) is 17.1 Å². The van der Waals surface area contributed by atoms with Crippen molar-refractivity contribution < 1.29 is 19.0 Å². The zero-order valence-corrected chi connectivity index (χ0v) is 8.36. The molecule has 0 aromatic carbocycles. The number of hydrogen-bond donors (Lipinski definition) is 0. The fourth-order valence-electron chi connectivity index (χ4n) is 1.14. The minimum Gasteiger partial charge on any atom is -0.451 e. The van der Waals surface area contributed by atoms with Gasteiger partial charge in [0.2, 0.25) is 0 Å². The van der Waals surface area contributed by atoms with Gasteiger partial charge in [-0.1, -0.05) is 0 Å². The summed E-state index contributed by atoms with van der Waals surface area (Å²) in [6, 6.07) is 0. The average molecular weight is 213 g/mol. The van der Waals surface area contributed by atoms with Gasteiger partial charge in [-0.3, -0.25) is 0 Å². The lowest BCUT2D eigenvalue weighted by Crippen LogP contribution is -2.36. The van der Waals surface area contributed by atoms with Crippen LogP contribution < -0.4 is 0 Å². The first kappa shape index (κ1) is 11.5. The summed E-state index contributed by atoms with van der Waals surface area (Å²) in [7, 11) is 1.51. The number of nitrogens with zero attached hydrogens (tertiary/aromatic N) is 3. The van der Waals surface area contributed by atoms with Crippen LogP contribution in [0.2, 0.25) is 0 Å². The maximum atomic E-state index is 10.8. The van der Waals surface area contributed by atoms with Gasteiger partial charge in [0.15, 0.2) is 6.29 Å². The van der Waals surface area contributed by atoms with E-state index in [0.717, 1.165) is 0 Å². The van der Waals surface area contributed by atoms with E-state index < -0.39 is 18.5 Å². The Morgan fingerprint density at radius 3 is 2.87 bits per heavy atom. The van der Waals surface area contributed by atoms with Crippen molar-refractivity contribution in [2.75, 3.05) is 7.11 Å². The summed E-state index contributed by atoms with van der Waals surface area (Å²) in [5.41, 5.74) is 8.00. The molecule has 1 amide bonds. The molecule has 0 bridgehead atoms. The summed E-state index contributed by atoms with van der Waals surface area (Å²) in [4.78, 5) is 13.2. The van der Waals surface area contributed by atoms with Crippen LogP contribution in [-0.2, 0) is 14.2 Å². The van der Waals surface area contributed by atoms with Gasteiger partial charge in [-0.15, -0.1) is 0 Å². The number of ether oxygens (including phenoxy) is 3. The maximum Gasteiger partial charge on any atom is 0.397 e.